The van der Waals surface area contributed by atoms with Crippen molar-refractivity contribution >= 4 is 31.9 Å². The predicted molar refractivity (Wildman–Crippen MR) is 69.9 cm³/mol. The van der Waals surface area contributed by atoms with Gasteiger partial charge in [0.25, 0.3) is 0 Å². The Bertz CT molecular complexity index is 486. The van der Waals surface area contributed by atoms with Gasteiger partial charge in [-0.1, -0.05) is 0 Å². The Hall–Kier alpha value is -1.18. The number of hydrogen-bond donors (Lipinski definition) is 0. The molecule has 2 aromatic heterocycles. The van der Waals surface area contributed by atoms with E-state index in [4.69, 9.17) is 0 Å². The van der Waals surface area contributed by atoms with Crippen LogP contribution >= 0.6 is 31.9 Å². The van der Waals surface area contributed by atoms with Crippen molar-refractivity contribution < 1.29 is 0 Å². The molecule has 0 aliphatic heterocycles. The first-order valence-electron chi connectivity index (χ1n) is 4.49. The fourth-order valence-electron chi connectivity index (χ4n) is 1.03. The highest BCUT2D eigenvalue weighted by molar-refractivity contribution is 9.10. The van der Waals surface area contributed by atoms with Crippen molar-refractivity contribution in [2.75, 3.05) is 0 Å². The predicted octanol–water partition coefficient (Wildman–Crippen LogP) is 3.40. The van der Waals surface area contributed by atoms with Gasteiger partial charge < -0.3 is 0 Å². The molecule has 0 bridgehead atoms. The van der Waals surface area contributed by atoms with E-state index in [1.807, 2.05) is 24.3 Å². The molecule has 0 amide bonds. The molecule has 0 atom stereocenters. The molecule has 0 unspecified atom stereocenters. The Kier molecular flexibility index (Phi) is 3.70. The summed E-state index contributed by atoms with van der Waals surface area (Å²) in [7, 11) is 0. The van der Waals surface area contributed by atoms with E-state index >= 15 is 0 Å². The van der Waals surface area contributed by atoms with E-state index in [0.29, 0.717) is 0 Å². The Morgan fingerprint density at radius 1 is 0.750 bits per heavy atom. The average molecular weight is 338 g/mol. The number of nitrogens with zero attached hydrogens (tertiary/aromatic N) is 2. The van der Waals surface area contributed by atoms with Gasteiger partial charge in [-0.05, 0) is 68.0 Å². The summed E-state index contributed by atoms with van der Waals surface area (Å²) in [5.41, 5.74) is 1.46. The van der Waals surface area contributed by atoms with Gasteiger partial charge >= 0.3 is 0 Å². The zero-order valence-electron chi connectivity index (χ0n) is 8.11. The molecule has 0 saturated carbocycles. The molecule has 0 radical (unpaired) electrons. The summed E-state index contributed by atoms with van der Waals surface area (Å²) < 4.78 is 1.89. The van der Waals surface area contributed by atoms with Crippen molar-refractivity contribution in [1.82, 2.24) is 9.97 Å². The molecule has 0 aliphatic rings. The van der Waals surface area contributed by atoms with Crippen LogP contribution in [-0.4, -0.2) is 9.97 Å². The topological polar surface area (TPSA) is 25.8 Å². The van der Waals surface area contributed by atoms with Crippen LogP contribution in [0.2, 0.25) is 0 Å². The van der Waals surface area contributed by atoms with E-state index in [1.165, 1.54) is 0 Å². The van der Waals surface area contributed by atoms with E-state index in [1.54, 1.807) is 12.4 Å². The lowest BCUT2D eigenvalue weighted by molar-refractivity contribution is 1.26. The molecule has 2 aromatic rings. The van der Waals surface area contributed by atoms with Crippen LogP contribution in [0.25, 0.3) is 0 Å². The zero-order chi connectivity index (χ0) is 11.4. The number of halogens is 2. The number of rotatable bonds is 0. The van der Waals surface area contributed by atoms with Crippen LogP contribution < -0.4 is 0 Å². The van der Waals surface area contributed by atoms with Crippen LogP contribution in [0.15, 0.2) is 45.6 Å². The van der Waals surface area contributed by atoms with Gasteiger partial charge in [0.2, 0.25) is 0 Å². The maximum atomic E-state index is 4.15. The van der Waals surface area contributed by atoms with Gasteiger partial charge in [-0.25, -0.2) is 9.97 Å². The van der Waals surface area contributed by atoms with Crippen molar-refractivity contribution in [2.24, 2.45) is 0 Å². The number of aromatic nitrogens is 2. The first-order valence-corrected chi connectivity index (χ1v) is 6.08. The molecule has 2 nitrogen and oxygen atoms in total. The molecular weight excluding hydrogens is 332 g/mol. The van der Waals surface area contributed by atoms with E-state index < -0.39 is 0 Å². The summed E-state index contributed by atoms with van der Waals surface area (Å²) in [6, 6.07) is 7.53. The van der Waals surface area contributed by atoms with Crippen LogP contribution in [0.1, 0.15) is 11.4 Å². The maximum Gasteiger partial charge on any atom is 0.113 e. The number of hydrogen-bond acceptors (Lipinski definition) is 2. The van der Waals surface area contributed by atoms with E-state index in [0.717, 1.165) is 20.3 Å². The summed E-state index contributed by atoms with van der Waals surface area (Å²) in [5, 5.41) is 0. The minimum absolute atomic E-state index is 0.730. The highest BCUT2D eigenvalue weighted by atomic mass is 79.9. The molecular formula is C12H6Br2N2. The molecule has 0 fully saturated rings. The molecule has 0 N–H and O–H groups in total. The summed E-state index contributed by atoms with van der Waals surface area (Å²) >= 11 is 6.64. The minimum atomic E-state index is 0.730. The average Bonchev–Trinajstić information content (AvgIpc) is 2.30. The highest BCUT2D eigenvalue weighted by Gasteiger charge is 1.90. The van der Waals surface area contributed by atoms with Gasteiger partial charge in [-0.2, -0.15) is 0 Å². The molecule has 0 aromatic carbocycles. The SMILES string of the molecule is Brc1ccc(C#Cc2ccc(Br)cn2)nc1. The second-order valence-corrected chi connectivity index (χ2v) is 4.80. The quantitative estimate of drug-likeness (QED) is 0.688. The third-order valence-electron chi connectivity index (χ3n) is 1.77. The maximum absolute atomic E-state index is 4.15. The Morgan fingerprint density at radius 3 is 1.50 bits per heavy atom. The first-order chi connectivity index (χ1) is 7.74. The van der Waals surface area contributed by atoms with Gasteiger partial charge in [0.1, 0.15) is 11.4 Å². The lowest BCUT2D eigenvalue weighted by Gasteiger charge is -1.91. The molecule has 2 rings (SSSR count). The second-order valence-electron chi connectivity index (χ2n) is 2.97. The molecule has 0 saturated heterocycles. The van der Waals surface area contributed by atoms with Crippen molar-refractivity contribution in [3.05, 3.63) is 57.0 Å². The van der Waals surface area contributed by atoms with Crippen molar-refractivity contribution in [3.8, 4) is 11.8 Å². The molecule has 0 aliphatic carbocycles. The van der Waals surface area contributed by atoms with Crippen molar-refractivity contribution in [1.29, 1.82) is 0 Å². The van der Waals surface area contributed by atoms with Crippen LogP contribution in [0, 0.1) is 11.8 Å². The van der Waals surface area contributed by atoms with Gasteiger partial charge in [-0.3, -0.25) is 0 Å². The van der Waals surface area contributed by atoms with Gasteiger partial charge in [0.05, 0.1) is 0 Å². The van der Waals surface area contributed by atoms with E-state index in [2.05, 4.69) is 53.7 Å². The molecule has 2 heterocycles. The van der Waals surface area contributed by atoms with Gasteiger partial charge in [-0.15, -0.1) is 0 Å². The Morgan fingerprint density at radius 2 is 1.19 bits per heavy atom. The summed E-state index contributed by atoms with van der Waals surface area (Å²) in [5.74, 6) is 5.90. The second kappa shape index (κ2) is 5.24. The lowest BCUT2D eigenvalue weighted by Crippen LogP contribution is -1.83. The molecule has 4 heteroatoms. The van der Waals surface area contributed by atoms with Gasteiger partial charge in [0, 0.05) is 21.3 Å². The van der Waals surface area contributed by atoms with Crippen LogP contribution in [-0.2, 0) is 0 Å². The third-order valence-corrected chi connectivity index (χ3v) is 2.71. The smallest absolute Gasteiger partial charge is 0.113 e. The van der Waals surface area contributed by atoms with Crippen LogP contribution in [0.3, 0.4) is 0 Å². The third kappa shape index (κ3) is 3.16. The monoisotopic (exact) mass is 336 g/mol. The first kappa shape index (κ1) is 11.3. The summed E-state index contributed by atoms with van der Waals surface area (Å²) in [6.45, 7) is 0. The molecule has 78 valence electrons. The highest BCUT2D eigenvalue weighted by Crippen LogP contribution is 2.08. The van der Waals surface area contributed by atoms with Crippen LogP contribution in [0.4, 0.5) is 0 Å². The minimum Gasteiger partial charge on any atom is -0.247 e. The molecule has 0 spiro atoms. The zero-order valence-corrected chi connectivity index (χ0v) is 11.3. The fourth-order valence-corrected chi connectivity index (χ4v) is 1.50. The standard InChI is InChI=1S/C12H6Br2N2/c13-9-1-3-11(15-7-9)5-6-12-4-2-10(14)8-16-12/h1-4,7-8H. The van der Waals surface area contributed by atoms with Crippen LogP contribution in [0.5, 0.6) is 0 Å². The van der Waals surface area contributed by atoms with Gasteiger partial charge in [0.15, 0.2) is 0 Å². The summed E-state index contributed by atoms with van der Waals surface area (Å²) in [4.78, 5) is 8.31. The van der Waals surface area contributed by atoms with E-state index in [-0.39, 0.29) is 0 Å². The largest absolute Gasteiger partial charge is 0.247 e. The Balaban J connectivity index is 2.21. The fraction of sp³-hybridized carbons (Fsp3) is 0. The van der Waals surface area contributed by atoms with Crippen molar-refractivity contribution in [2.45, 2.75) is 0 Å². The van der Waals surface area contributed by atoms with Crippen molar-refractivity contribution in [3.63, 3.8) is 0 Å². The molecule has 16 heavy (non-hydrogen) atoms. The normalized spacial score (nSPS) is 9.38. The lowest BCUT2D eigenvalue weighted by atomic mass is 10.3. The van der Waals surface area contributed by atoms with E-state index in [9.17, 15) is 0 Å². The Labute approximate surface area is 110 Å². The number of pyridine rings is 2. The summed E-state index contributed by atoms with van der Waals surface area (Å²) in [6.07, 6.45) is 3.44.